The summed E-state index contributed by atoms with van der Waals surface area (Å²) in [6, 6.07) is 12.7. The number of nitrogens with zero attached hydrogens (tertiary/aromatic N) is 2. The molecule has 4 nitrogen and oxygen atoms in total. The second-order valence-corrected chi connectivity index (χ2v) is 7.41. The first-order valence-corrected chi connectivity index (χ1v) is 9.50. The van der Waals surface area contributed by atoms with Crippen molar-refractivity contribution in [2.45, 2.75) is 32.2 Å². The molecular weight excluding hydrogens is 318 g/mol. The molecule has 5 heteroatoms. The van der Waals surface area contributed by atoms with Crippen molar-refractivity contribution in [3.63, 3.8) is 0 Å². The van der Waals surface area contributed by atoms with Gasteiger partial charge in [-0.2, -0.15) is 0 Å². The lowest BCUT2D eigenvalue weighted by Crippen LogP contribution is -2.43. The zero-order valence-electron chi connectivity index (χ0n) is 13.8. The maximum absolute atomic E-state index is 12.5. The van der Waals surface area contributed by atoms with Gasteiger partial charge in [-0.3, -0.25) is 4.79 Å². The first-order chi connectivity index (χ1) is 11.7. The topological polar surface area (TPSA) is 44.7 Å². The third kappa shape index (κ3) is 2.88. The largest absolute Gasteiger partial charge is 0.339 e. The van der Waals surface area contributed by atoms with Gasteiger partial charge in [0.15, 0.2) is 5.17 Å². The number of nitrogens with one attached hydrogen (secondary N) is 1. The first-order valence-electron chi connectivity index (χ1n) is 8.52. The zero-order chi connectivity index (χ0) is 16.5. The van der Waals surface area contributed by atoms with Crippen LogP contribution in [0.2, 0.25) is 0 Å². The van der Waals surface area contributed by atoms with E-state index in [4.69, 9.17) is 4.99 Å². The van der Waals surface area contributed by atoms with Crippen LogP contribution < -0.4 is 5.32 Å². The van der Waals surface area contributed by atoms with E-state index in [0.717, 1.165) is 41.3 Å². The molecule has 0 radical (unpaired) electrons. The number of rotatable bonds is 2. The van der Waals surface area contributed by atoms with E-state index in [-0.39, 0.29) is 5.91 Å². The molecule has 1 fully saturated rings. The van der Waals surface area contributed by atoms with Gasteiger partial charge in [-0.05, 0) is 43.7 Å². The molecule has 2 aromatic rings. The summed E-state index contributed by atoms with van der Waals surface area (Å²) in [6.45, 7) is 3.04. The van der Waals surface area contributed by atoms with Crippen molar-refractivity contribution < 1.29 is 4.79 Å². The fraction of sp³-hybridized carbons (Fsp3) is 0.368. The number of piperidine rings is 1. The molecule has 2 aliphatic rings. The van der Waals surface area contributed by atoms with Gasteiger partial charge in [-0.15, -0.1) is 0 Å². The van der Waals surface area contributed by atoms with Crippen molar-refractivity contribution in [2.75, 3.05) is 17.6 Å². The van der Waals surface area contributed by atoms with Crippen LogP contribution in [0.4, 0.5) is 11.4 Å². The molecule has 0 aromatic heterocycles. The van der Waals surface area contributed by atoms with Crippen LogP contribution in [0.25, 0.3) is 10.8 Å². The highest BCUT2D eigenvalue weighted by atomic mass is 32.2. The Morgan fingerprint density at radius 2 is 2.12 bits per heavy atom. The molecule has 24 heavy (non-hydrogen) atoms. The fourth-order valence-corrected chi connectivity index (χ4v) is 4.29. The number of amides is 1. The molecule has 124 valence electrons. The Morgan fingerprint density at radius 1 is 1.29 bits per heavy atom. The van der Waals surface area contributed by atoms with Gasteiger partial charge in [0.05, 0.1) is 17.1 Å². The van der Waals surface area contributed by atoms with E-state index < -0.39 is 0 Å². The van der Waals surface area contributed by atoms with Gasteiger partial charge in [0.25, 0.3) is 0 Å². The number of likely N-dealkylation sites (tertiary alicyclic amines) is 1. The highest BCUT2D eigenvalue weighted by Gasteiger charge is 2.24. The van der Waals surface area contributed by atoms with E-state index in [0.29, 0.717) is 11.8 Å². The van der Waals surface area contributed by atoms with Crippen LogP contribution >= 0.6 is 11.8 Å². The molecule has 0 spiro atoms. The summed E-state index contributed by atoms with van der Waals surface area (Å²) in [4.78, 5) is 19.2. The molecule has 4 rings (SSSR count). The van der Waals surface area contributed by atoms with Gasteiger partial charge in [0.1, 0.15) is 0 Å². The van der Waals surface area contributed by atoms with E-state index >= 15 is 0 Å². The van der Waals surface area contributed by atoms with E-state index in [9.17, 15) is 4.79 Å². The Labute approximate surface area is 146 Å². The molecule has 0 bridgehead atoms. The Kier molecular flexibility index (Phi) is 4.19. The Hall–Kier alpha value is -2.01. The number of hydrogen-bond acceptors (Lipinski definition) is 4. The van der Waals surface area contributed by atoms with Gasteiger partial charge in [0, 0.05) is 18.0 Å². The first kappa shape index (κ1) is 15.5. The van der Waals surface area contributed by atoms with Crippen LogP contribution in [0.3, 0.4) is 0 Å². The lowest BCUT2D eigenvalue weighted by molar-refractivity contribution is -0.131. The Balaban J connectivity index is 1.49. The standard InChI is InChI=1S/C19H21N3OS/c1-13-6-2-3-11-22(13)17(23)12-24-19-20-15-9-4-7-14-8-5-10-16(21-19)18(14)15/h4-5,7-10,13H,2-3,6,11-12H2,1H3,(H,20,21)/t13-/m1/s1. The number of thioether (sulfide) groups is 1. The smallest absolute Gasteiger partial charge is 0.233 e. The highest BCUT2D eigenvalue weighted by molar-refractivity contribution is 8.14. The second kappa shape index (κ2) is 6.48. The van der Waals surface area contributed by atoms with Crippen LogP contribution in [0.1, 0.15) is 26.2 Å². The van der Waals surface area contributed by atoms with Gasteiger partial charge >= 0.3 is 0 Å². The molecule has 2 aliphatic heterocycles. The lowest BCUT2D eigenvalue weighted by atomic mass is 10.0. The third-order valence-electron chi connectivity index (χ3n) is 4.80. The van der Waals surface area contributed by atoms with Crippen LogP contribution in [0, 0.1) is 0 Å². The molecule has 2 aromatic carbocycles. The minimum absolute atomic E-state index is 0.216. The number of amidine groups is 1. The van der Waals surface area contributed by atoms with Crippen LogP contribution in [0.15, 0.2) is 41.4 Å². The number of carbonyl (C=O) groups excluding carboxylic acids is 1. The van der Waals surface area contributed by atoms with Crippen LogP contribution in [-0.2, 0) is 4.79 Å². The average molecular weight is 339 g/mol. The molecule has 1 N–H and O–H groups in total. The van der Waals surface area contributed by atoms with E-state index in [1.165, 1.54) is 23.6 Å². The predicted molar refractivity (Wildman–Crippen MR) is 102 cm³/mol. The number of hydrogen-bond donors (Lipinski definition) is 1. The lowest BCUT2D eigenvalue weighted by Gasteiger charge is -2.33. The van der Waals surface area contributed by atoms with E-state index in [2.05, 4.69) is 30.4 Å². The zero-order valence-corrected chi connectivity index (χ0v) is 14.6. The minimum atomic E-state index is 0.216. The maximum atomic E-state index is 12.5. The normalized spacial score (nSPS) is 19.8. The van der Waals surface area contributed by atoms with Crippen LogP contribution in [-0.4, -0.2) is 34.3 Å². The van der Waals surface area contributed by atoms with Crippen molar-refractivity contribution in [3.8, 4) is 0 Å². The average Bonchev–Trinajstić information content (AvgIpc) is 2.60. The molecule has 1 amide bonds. The summed E-state index contributed by atoms with van der Waals surface area (Å²) in [7, 11) is 0. The van der Waals surface area contributed by atoms with Crippen molar-refractivity contribution in [1.82, 2.24) is 4.90 Å². The Morgan fingerprint density at radius 3 is 2.96 bits per heavy atom. The Bertz CT molecular complexity index is 812. The summed E-state index contributed by atoms with van der Waals surface area (Å²) in [6.07, 6.45) is 3.47. The van der Waals surface area contributed by atoms with Crippen molar-refractivity contribution in [1.29, 1.82) is 0 Å². The van der Waals surface area contributed by atoms with Gasteiger partial charge < -0.3 is 10.2 Å². The molecular formula is C19H21N3OS. The summed E-state index contributed by atoms with van der Waals surface area (Å²) < 4.78 is 0. The summed E-state index contributed by atoms with van der Waals surface area (Å²) in [5.74, 6) is 0.655. The summed E-state index contributed by atoms with van der Waals surface area (Å²) >= 11 is 1.50. The van der Waals surface area contributed by atoms with E-state index in [1.54, 1.807) is 0 Å². The number of carbonyl (C=O) groups is 1. The molecule has 0 unspecified atom stereocenters. The molecule has 0 saturated carbocycles. The van der Waals surface area contributed by atoms with Crippen molar-refractivity contribution >= 4 is 45.0 Å². The molecule has 2 heterocycles. The predicted octanol–water partition coefficient (Wildman–Crippen LogP) is 4.39. The number of aliphatic imine (C=N–C) groups is 1. The number of benzene rings is 2. The van der Waals surface area contributed by atoms with Crippen molar-refractivity contribution in [3.05, 3.63) is 36.4 Å². The highest BCUT2D eigenvalue weighted by Crippen LogP contribution is 2.36. The molecule has 0 aliphatic carbocycles. The van der Waals surface area contributed by atoms with Crippen molar-refractivity contribution in [2.24, 2.45) is 4.99 Å². The van der Waals surface area contributed by atoms with Crippen LogP contribution in [0.5, 0.6) is 0 Å². The fourth-order valence-electron chi connectivity index (χ4n) is 3.52. The number of anilines is 1. The molecule has 1 saturated heterocycles. The SMILES string of the molecule is C[C@@H]1CCCCN1C(=O)CSC1=Nc2cccc3cccc(c23)N1. The van der Waals surface area contributed by atoms with Gasteiger partial charge in [-0.25, -0.2) is 4.99 Å². The minimum Gasteiger partial charge on any atom is -0.339 e. The second-order valence-electron chi connectivity index (χ2n) is 6.44. The maximum Gasteiger partial charge on any atom is 0.233 e. The van der Waals surface area contributed by atoms with Gasteiger partial charge in [-0.1, -0.05) is 36.0 Å². The van der Waals surface area contributed by atoms with Gasteiger partial charge in [0.2, 0.25) is 5.91 Å². The quantitative estimate of drug-likeness (QED) is 0.883. The summed E-state index contributed by atoms with van der Waals surface area (Å²) in [5.41, 5.74) is 2.04. The van der Waals surface area contributed by atoms with E-state index in [1.807, 2.05) is 23.1 Å². The molecule has 1 atom stereocenters. The monoisotopic (exact) mass is 339 g/mol. The third-order valence-corrected chi connectivity index (χ3v) is 5.66. The summed E-state index contributed by atoms with van der Waals surface area (Å²) in [5, 5.41) is 6.51.